The summed E-state index contributed by atoms with van der Waals surface area (Å²) in [6.07, 6.45) is 6.98. The number of H-pyrrole nitrogens is 1. The minimum atomic E-state index is -4.56. The Kier molecular flexibility index (Phi) is 10.8. The number of pyridine rings is 1. The quantitative estimate of drug-likeness (QED) is 0.0802. The highest BCUT2D eigenvalue weighted by molar-refractivity contribution is 7.90. The Labute approximate surface area is 334 Å². The van der Waals surface area contributed by atoms with Crippen molar-refractivity contribution in [3.63, 3.8) is 0 Å². The molecule has 2 aromatic heterocycles. The maximum atomic E-state index is 13.8. The molecule has 1 atom stereocenters. The molecular weight excluding hydrogens is 768 g/mol. The summed E-state index contributed by atoms with van der Waals surface area (Å²) < 4.78 is 40.9. The van der Waals surface area contributed by atoms with E-state index in [0.717, 1.165) is 60.5 Å². The molecule has 3 N–H and O–H groups in total. The average Bonchev–Trinajstić information content (AvgIpc) is 3.91. The van der Waals surface area contributed by atoms with E-state index >= 15 is 0 Å². The number of aromatic amines is 1. The van der Waals surface area contributed by atoms with Crippen LogP contribution in [0.3, 0.4) is 0 Å². The largest absolute Gasteiger partial charge is 0.455 e. The number of aromatic nitrogens is 2. The van der Waals surface area contributed by atoms with Gasteiger partial charge in [-0.1, -0.05) is 41.9 Å². The monoisotopic (exact) mass is 806 g/mol. The van der Waals surface area contributed by atoms with Gasteiger partial charge in [-0.2, -0.15) is 0 Å². The number of nitro groups is 1. The van der Waals surface area contributed by atoms with Crippen molar-refractivity contribution in [1.29, 1.82) is 0 Å². The summed E-state index contributed by atoms with van der Waals surface area (Å²) in [6.45, 7) is 2.64. The van der Waals surface area contributed by atoms with E-state index in [-0.39, 0.29) is 29.0 Å². The lowest BCUT2D eigenvalue weighted by molar-refractivity contribution is -0.384. The van der Waals surface area contributed by atoms with Crippen LogP contribution in [0.25, 0.3) is 22.2 Å². The Bertz CT molecular complexity index is 2540. The van der Waals surface area contributed by atoms with Gasteiger partial charge in [-0.3, -0.25) is 14.9 Å². The normalized spacial score (nSPS) is 16.1. The standard InChI is InChI=1S/C42H39ClN6O7S/c43-32-8-3-29(4-9-32)38-2-1-19-48(38)33-10-5-28(6-11-33)30-7-13-36(40(23-30)56-34-22-31-15-18-44-41(31)46-26-34)42(50)47-57(53,54)35-12-14-37(39(24-35)49(51)52)45-25-27-16-20-55-21-17-27/h3-15,18,22-24,26-27,38,45H,1-2,16-17,19-21,25H2,(H,44,46)(H,47,50). The van der Waals surface area contributed by atoms with Crippen LogP contribution >= 0.6 is 11.6 Å². The predicted octanol–water partition coefficient (Wildman–Crippen LogP) is 8.88. The van der Waals surface area contributed by atoms with Crippen molar-refractivity contribution >= 4 is 55.6 Å². The number of hydrogen-bond acceptors (Lipinski definition) is 10. The maximum absolute atomic E-state index is 13.8. The molecule has 2 fully saturated rings. The molecule has 2 aliphatic rings. The summed E-state index contributed by atoms with van der Waals surface area (Å²) in [5.74, 6) is -0.295. The van der Waals surface area contributed by atoms with Gasteiger partial charge in [-0.05, 0) is 109 Å². The number of sulfonamides is 1. The molecule has 8 rings (SSSR count). The second-order valence-electron chi connectivity index (χ2n) is 14.2. The van der Waals surface area contributed by atoms with Crippen molar-refractivity contribution in [3.8, 4) is 22.6 Å². The maximum Gasteiger partial charge on any atom is 0.293 e. The number of hydrogen-bond donors (Lipinski definition) is 3. The summed E-state index contributed by atoms with van der Waals surface area (Å²) >= 11 is 6.15. The van der Waals surface area contributed by atoms with Gasteiger partial charge in [-0.25, -0.2) is 18.1 Å². The molecule has 4 heterocycles. The molecule has 0 aliphatic carbocycles. The van der Waals surface area contributed by atoms with E-state index in [0.29, 0.717) is 36.2 Å². The lowest BCUT2D eigenvalue weighted by Crippen LogP contribution is -2.31. The molecule has 2 saturated heterocycles. The van der Waals surface area contributed by atoms with E-state index in [9.17, 15) is 23.3 Å². The molecule has 0 bridgehead atoms. The number of halogens is 1. The summed E-state index contributed by atoms with van der Waals surface area (Å²) in [6, 6.07) is 28.3. The number of carbonyl (C=O) groups excluding carboxylic acids is 1. The first kappa shape index (κ1) is 37.9. The van der Waals surface area contributed by atoms with Gasteiger partial charge in [0, 0.05) is 54.7 Å². The smallest absolute Gasteiger partial charge is 0.293 e. The van der Waals surface area contributed by atoms with Crippen molar-refractivity contribution in [1.82, 2.24) is 14.7 Å². The van der Waals surface area contributed by atoms with E-state index in [4.69, 9.17) is 21.1 Å². The van der Waals surface area contributed by atoms with Crippen LogP contribution in [-0.2, 0) is 14.8 Å². The van der Waals surface area contributed by atoms with Gasteiger partial charge in [0.2, 0.25) is 0 Å². The summed E-state index contributed by atoms with van der Waals surface area (Å²) in [7, 11) is -4.56. The zero-order chi connectivity index (χ0) is 39.5. The highest BCUT2D eigenvalue weighted by atomic mass is 35.5. The van der Waals surface area contributed by atoms with Crippen molar-refractivity contribution in [2.45, 2.75) is 36.6 Å². The Morgan fingerprint density at radius 1 is 0.965 bits per heavy atom. The number of anilines is 2. The third kappa shape index (κ3) is 8.43. The number of fused-ring (bicyclic) bond motifs is 1. The number of ether oxygens (including phenoxy) is 2. The fourth-order valence-corrected chi connectivity index (χ4v) is 8.56. The molecule has 0 radical (unpaired) electrons. The van der Waals surface area contributed by atoms with Gasteiger partial charge in [0.05, 0.1) is 27.6 Å². The second kappa shape index (κ2) is 16.3. The average molecular weight is 807 g/mol. The number of rotatable bonds is 12. The molecule has 57 heavy (non-hydrogen) atoms. The van der Waals surface area contributed by atoms with E-state index in [1.54, 1.807) is 24.4 Å². The Hall–Kier alpha value is -5.96. The highest BCUT2D eigenvalue weighted by Gasteiger charge is 2.28. The van der Waals surface area contributed by atoms with Gasteiger partial charge in [0.15, 0.2) is 0 Å². The predicted molar refractivity (Wildman–Crippen MR) is 219 cm³/mol. The molecule has 2 aliphatic heterocycles. The van der Waals surface area contributed by atoms with Crippen LogP contribution in [-0.4, -0.2) is 55.5 Å². The number of nitrogens with zero attached hydrogens (tertiary/aromatic N) is 3. The van der Waals surface area contributed by atoms with E-state index in [1.807, 2.05) is 30.3 Å². The fourth-order valence-electron chi connectivity index (χ4n) is 7.45. The topological polar surface area (TPSA) is 169 Å². The number of amides is 1. The molecule has 0 spiro atoms. The highest BCUT2D eigenvalue weighted by Crippen LogP contribution is 2.38. The molecule has 1 unspecified atom stereocenters. The number of carbonyl (C=O) groups is 1. The lowest BCUT2D eigenvalue weighted by atomic mass is 10.0. The number of nitro benzene ring substituents is 1. The van der Waals surface area contributed by atoms with Crippen LogP contribution < -0.4 is 19.7 Å². The molecule has 1 amide bonds. The third-order valence-electron chi connectivity index (χ3n) is 10.5. The van der Waals surface area contributed by atoms with Crippen LogP contribution in [0.2, 0.25) is 5.02 Å². The number of benzene rings is 4. The van der Waals surface area contributed by atoms with Crippen molar-refractivity contribution in [2.75, 3.05) is 36.5 Å². The van der Waals surface area contributed by atoms with E-state index < -0.39 is 31.4 Å². The van der Waals surface area contributed by atoms with Crippen LogP contribution in [0.1, 0.15) is 47.6 Å². The molecule has 15 heteroatoms. The molecule has 4 aromatic carbocycles. The van der Waals surface area contributed by atoms with Crippen LogP contribution in [0.4, 0.5) is 17.1 Å². The zero-order valence-corrected chi connectivity index (χ0v) is 32.3. The van der Waals surface area contributed by atoms with Crippen LogP contribution in [0.15, 0.2) is 114 Å². The first-order chi connectivity index (χ1) is 27.6. The van der Waals surface area contributed by atoms with Crippen molar-refractivity contribution < 1.29 is 27.6 Å². The van der Waals surface area contributed by atoms with Gasteiger partial charge >= 0.3 is 0 Å². The molecular formula is C42H39ClN6O7S. The molecule has 292 valence electrons. The van der Waals surface area contributed by atoms with E-state index in [1.165, 1.54) is 30.0 Å². The zero-order valence-electron chi connectivity index (χ0n) is 30.7. The number of nitrogens with one attached hydrogen (secondary N) is 3. The first-order valence-electron chi connectivity index (χ1n) is 18.7. The van der Waals surface area contributed by atoms with Crippen LogP contribution in [0, 0.1) is 16.0 Å². The summed E-state index contributed by atoms with van der Waals surface area (Å²) in [5.41, 5.74) is 4.20. The van der Waals surface area contributed by atoms with Crippen molar-refractivity contribution in [2.24, 2.45) is 5.92 Å². The minimum absolute atomic E-state index is 0.0692. The second-order valence-corrected chi connectivity index (χ2v) is 16.3. The van der Waals surface area contributed by atoms with E-state index in [2.05, 4.69) is 49.2 Å². The van der Waals surface area contributed by atoms with Gasteiger partial charge in [-0.15, -0.1) is 0 Å². The molecule has 6 aromatic rings. The first-order valence-corrected chi connectivity index (χ1v) is 20.5. The Morgan fingerprint density at radius 2 is 1.74 bits per heavy atom. The third-order valence-corrected chi connectivity index (χ3v) is 12.1. The van der Waals surface area contributed by atoms with Crippen LogP contribution in [0.5, 0.6) is 11.5 Å². The molecule has 0 saturated carbocycles. The Balaban J connectivity index is 1.06. The summed E-state index contributed by atoms with van der Waals surface area (Å²) in [5, 5.41) is 16.6. The fraction of sp³-hybridized carbons (Fsp3) is 0.238. The lowest BCUT2D eigenvalue weighted by Gasteiger charge is -2.27. The van der Waals surface area contributed by atoms with Gasteiger partial charge in [0.25, 0.3) is 21.6 Å². The Morgan fingerprint density at radius 3 is 2.51 bits per heavy atom. The minimum Gasteiger partial charge on any atom is -0.455 e. The molecule has 13 nitrogen and oxygen atoms in total. The van der Waals surface area contributed by atoms with Gasteiger partial charge in [0.1, 0.15) is 22.8 Å². The van der Waals surface area contributed by atoms with Gasteiger partial charge < -0.3 is 24.7 Å². The van der Waals surface area contributed by atoms with Crippen molar-refractivity contribution in [3.05, 3.63) is 136 Å². The summed E-state index contributed by atoms with van der Waals surface area (Å²) in [4.78, 5) is 34.6. The SMILES string of the molecule is O=C(NS(=O)(=O)c1ccc(NCC2CCOCC2)c([N+](=O)[O-])c1)c1ccc(-c2ccc(N3CCCC3c3ccc(Cl)cc3)cc2)cc1Oc1cnc2[nH]ccc2c1.